The molecule has 2 heterocycles. The van der Waals surface area contributed by atoms with E-state index in [2.05, 4.69) is 8.75 Å². The van der Waals surface area contributed by atoms with Gasteiger partial charge < -0.3 is 24.1 Å². The minimum absolute atomic E-state index is 0.00347. The number of methoxy groups -OCH3 is 2. The summed E-state index contributed by atoms with van der Waals surface area (Å²) in [6.45, 7) is 0.844. The van der Waals surface area contributed by atoms with Gasteiger partial charge in [0.15, 0.2) is 11.5 Å². The average molecular weight is 402 g/mol. The van der Waals surface area contributed by atoms with Crippen LogP contribution in [0.2, 0.25) is 0 Å². The molecule has 0 amide bonds. The van der Waals surface area contributed by atoms with Crippen LogP contribution in [0.25, 0.3) is 11.0 Å². The Kier molecular flexibility index (Phi) is 4.91. The quantitative estimate of drug-likeness (QED) is 0.651. The van der Waals surface area contributed by atoms with Gasteiger partial charge in [0.25, 0.3) is 0 Å². The van der Waals surface area contributed by atoms with E-state index in [1.54, 1.807) is 24.3 Å². The van der Waals surface area contributed by atoms with Gasteiger partial charge in [0.2, 0.25) is 5.75 Å². The number of aromatic hydroxyl groups is 1. The minimum Gasteiger partial charge on any atom is -0.508 e. The summed E-state index contributed by atoms with van der Waals surface area (Å²) in [4.78, 5) is 12.2. The van der Waals surface area contributed by atoms with Crippen molar-refractivity contribution in [2.75, 3.05) is 27.4 Å². The minimum atomic E-state index is -0.537. The number of esters is 1. The Morgan fingerprint density at radius 1 is 1.25 bits per heavy atom. The van der Waals surface area contributed by atoms with Gasteiger partial charge in [-0.2, -0.15) is 8.75 Å². The van der Waals surface area contributed by atoms with Crippen molar-refractivity contribution in [1.82, 2.24) is 8.75 Å². The zero-order valence-corrected chi connectivity index (χ0v) is 16.1. The Balaban J connectivity index is 1.91. The Morgan fingerprint density at radius 3 is 2.86 bits per heavy atom. The summed E-state index contributed by atoms with van der Waals surface area (Å²) in [5.74, 6) is 0.613. The van der Waals surface area contributed by atoms with Gasteiger partial charge >= 0.3 is 5.97 Å². The number of ether oxygens (including phenoxy) is 4. The molecule has 0 saturated heterocycles. The first-order valence-corrected chi connectivity index (χ1v) is 9.34. The van der Waals surface area contributed by atoms with E-state index >= 15 is 0 Å². The van der Waals surface area contributed by atoms with Gasteiger partial charge in [0, 0.05) is 11.5 Å². The lowest BCUT2D eigenvalue weighted by Gasteiger charge is -2.24. The first kappa shape index (κ1) is 18.3. The number of aromatic nitrogens is 2. The van der Waals surface area contributed by atoms with Crippen LogP contribution in [-0.4, -0.2) is 47.3 Å². The Bertz CT molecular complexity index is 1020. The Labute approximate surface area is 164 Å². The van der Waals surface area contributed by atoms with Crippen LogP contribution in [-0.2, 0) is 9.53 Å². The highest BCUT2D eigenvalue weighted by molar-refractivity contribution is 7.00. The normalized spacial score (nSPS) is 13.9. The number of fused-ring (bicyclic) bond motifs is 2. The molecule has 9 heteroatoms. The first-order chi connectivity index (χ1) is 13.6. The van der Waals surface area contributed by atoms with Crippen LogP contribution >= 0.6 is 11.7 Å². The fourth-order valence-corrected chi connectivity index (χ4v) is 3.89. The van der Waals surface area contributed by atoms with Crippen molar-refractivity contribution < 1.29 is 28.8 Å². The number of nitrogens with zero attached hydrogens (tertiary/aromatic N) is 2. The molecule has 0 radical (unpaired) electrons. The van der Waals surface area contributed by atoms with Crippen molar-refractivity contribution >= 4 is 28.7 Å². The summed E-state index contributed by atoms with van der Waals surface area (Å²) in [6, 6.07) is 6.82. The Morgan fingerprint density at radius 2 is 2.07 bits per heavy atom. The number of phenols is 1. The van der Waals surface area contributed by atoms with Gasteiger partial charge in [-0.05, 0) is 29.8 Å². The third-order valence-electron chi connectivity index (χ3n) is 4.64. The zero-order chi connectivity index (χ0) is 19.7. The summed E-state index contributed by atoms with van der Waals surface area (Å²) < 4.78 is 30.3. The monoisotopic (exact) mass is 402 g/mol. The average Bonchev–Trinajstić information content (AvgIpc) is 3.20. The maximum absolute atomic E-state index is 12.2. The lowest BCUT2D eigenvalue weighted by molar-refractivity contribution is -0.140. The molecular formula is C19H18N2O6S. The molecule has 1 aliphatic heterocycles. The van der Waals surface area contributed by atoms with Gasteiger partial charge in [0.1, 0.15) is 30.0 Å². The van der Waals surface area contributed by atoms with E-state index in [0.29, 0.717) is 52.6 Å². The van der Waals surface area contributed by atoms with Crippen LogP contribution in [0.1, 0.15) is 23.5 Å². The van der Waals surface area contributed by atoms with Crippen LogP contribution in [0.5, 0.6) is 23.0 Å². The van der Waals surface area contributed by atoms with Crippen LogP contribution in [0.4, 0.5) is 0 Å². The van der Waals surface area contributed by atoms with Crippen LogP contribution in [0, 0.1) is 0 Å². The second kappa shape index (κ2) is 7.51. The van der Waals surface area contributed by atoms with E-state index in [9.17, 15) is 9.90 Å². The molecule has 4 rings (SSSR count). The van der Waals surface area contributed by atoms with Crippen molar-refractivity contribution in [2.24, 2.45) is 0 Å². The second-order valence-electron chi connectivity index (χ2n) is 6.21. The van der Waals surface area contributed by atoms with E-state index < -0.39 is 11.9 Å². The van der Waals surface area contributed by atoms with Crippen molar-refractivity contribution in [1.29, 1.82) is 0 Å². The zero-order valence-electron chi connectivity index (χ0n) is 15.3. The van der Waals surface area contributed by atoms with E-state index in [1.165, 1.54) is 14.2 Å². The highest BCUT2D eigenvalue weighted by Crippen LogP contribution is 2.46. The highest BCUT2D eigenvalue weighted by Gasteiger charge is 2.29. The predicted molar refractivity (Wildman–Crippen MR) is 102 cm³/mol. The maximum Gasteiger partial charge on any atom is 0.306 e. The number of carbonyl (C=O) groups excluding carboxylic acids is 1. The molecule has 1 atom stereocenters. The molecule has 8 nitrogen and oxygen atoms in total. The molecule has 2 aromatic carbocycles. The molecule has 0 aliphatic carbocycles. The molecule has 3 aromatic rings. The third kappa shape index (κ3) is 3.18. The maximum atomic E-state index is 12.2. The topological polar surface area (TPSA) is 100 Å². The molecule has 1 N–H and O–H groups in total. The van der Waals surface area contributed by atoms with Crippen LogP contribution < -0.4 is 14.2 Å². The summed E-state index contributed by atoms with van der Waals surface area (Å²) in [5, 5.41) is 10.6. The third-order valence-corrected chi connectivity index (χ3v) is 5.19. The molecule has 0 saturated carbocycles. The molecule has 28 heavy (non-hydrogen) atoms. The summed E-state index contributed by atoms with van der Waals surface area (Å²) >= 11 is 1.05. The number of hydrogen-bond donors (Lipinski definition) is 1. The van der Waals surface area contributed by atoms with Crippen LogP contribution in [0.15, 0.2) is 24.3 Å². The standard InChI is InChI=1S/C19H18N2O6S/c1-24-14-7-10(8-15-19(14)27-6-5-26-15)11(9-16(23)25-2)17-13(22)4-3-12-18(17)21-28-20-12/h3-4,7-8,11,22H,5-6,9H2,1-2H3. The van der Waals surface area contributed by atoms with Crippen LogP contribution in [0.3, 0.4) is 0 Å². The van der Waals surface area contributed by atoms with E-state index in [1.807, 2.05) is 0 Å². The lowest BCUT2D eigenvalue weighted by atomic mass is 9.86. The number of hydrogen-bond acceptors (Lipinski definition) is 9. The van der Waals surface area contributed by atoms with Crippen molar-refractivity contribution in [3.05, 3.63) is 35.4 Å². The molecule has 146 valence electrons. The number of rotatable bonds is 5. The number of carbonyl (C=O) groups is 1. The number of benzene rings is 2. The molecule has 0 bridgehead atoms. The highest BCUT2D eigenvalue weighted by atomic mass is 32.1. The second-order valence-corrected chi connectivity index (χ2v) is 6.74. The van der Waals surface area contributed by atoms with Gasteiger partial charge in [-0.3, -0.25) is 4.79 Å². The van der Waals surface area contributed by atoms with Gasteiger partial charge in [-0.15, -0.1) is 0 Å². The molecule has 1 unspecified atom stereocenters. The molecule has 1 aromatic heterocycles. The van der Waals surface area contributed by atoms with E-state index in [0.717, 1.165) is 11.7 Å². The lowest BCUT2D eigenvalue weighted by Crippen LogP contribution is -2.17. The van der Waals surface area contributed by atoms with Crippen molar-refractivity contribution in [3.8, 4) is 23.0 Å². The summed E-state index contributed by atoms with van der Waals surface area (Å²) in [7, 11) is 2.86. The van der Waals surface area contributed by atoms with Gasteiger partial charge in [-0.25, -0.2) is 0 Å². The fraction of sp³-hybridized carbons (Fsp3) is 0.316. The number of phenolic OH excluding ortho intramolecular Hbond substituents is 1. The largest absolute Gasteiger partial charge is 0.508 e. The SMILES string of the molecule is COC(=O)CC(c1cc(OC)c2c(c1)OCCO2)c1c(O)ccc2nsnc12. The van der Waals surface area contributed by atoms with Crippen molar-refractivity contribution in [3.63, 3.8) is 0 Å². The van der Waals surface area contributed by atoms with Crippen molar-refractivity contribution in [2.45, 2.75) is 12.3 Å². The summed E-state index contributed by atoms with van der Waals surface area (Å²) in [5.41, 5.74) is 2.42. The molecule has 1 aliphatic rings. The predicted octanol–water partition coefficient (Wildman–Crippen LogP) is 2.87. The van der Waals surface area contributed by atoms with Gasteiger partial charge in [0.05, 0.1) is 32.4 Å². The molecule has 0 fully saturated rings. The van der Waals surface area contributed by atoms with E-state index in [-0.39, 0.29) is 12.2 Å². The summed E-state index contributed by atoms with van der Waals surface area (Å²) in [6.07, 6.45) is 0.00347. The van der Waals surface area contributed by atoms with E-state index in [4.69, 9.17) is 18.9 Å². The Hall–Kier alpha value is -3.07. The smallest absolute Gasteiger partial charge is 0.306 e. The molecular weight excluding hydrogens is 384 g/mol. The molecule has 0 spiro atoms. The fourth-order valence-electron chi connectivity index (χ4n) is 3.34. The van der Waals surface area contributed by atoms with Gasteiger partial charge in [-0.1, -0.05) is 0 Å². The first-order valence-electron chi connectivity index (χ1n) is 8.60.